The van der Waals surface area contributed by atoms with E-state index in [1.165, 1.54) is 19.4 Å². The number of hydrogen-bond donors (Lipinski definition) is 1. The fraction of sp³-hybridized carbons (Fsp3) is 0.500. The van der Waals surface area contributed by atoms with Crippen LogP contribution < -0.4 is 5.32 Å². The van der Waals surface area contributed by atoms with Gasteiger partial charge in [0, 0.05) is 6.92 Å². The predicted molar refractivity (Wildman–Crippen MR) is 72.8 cm³/mol. The Labute approximate surface area is 104 Å². The highest BCUT2D eigenvalue weighted by atomic mass is 19.1. The monoisotopic (exact) mass is 241 g/mol. The lowest BCUT2D eigenvalue weighted by molar-refractivity contribution is -0.114. The van der Waals surface area contributed by atoms with Crippen LogP contribution in [0.2, 0.25) is 0 Å². The molecule has 1 rings (SSSR count). The Bertz CT molecular complexity index is 324. The summed E-state index contributed by atoms with van der Waals surface area (Å²) in [5.74, 6) is -0.671. The van der Waals surface area contributed by atoms with Crippen molar-refractivity contribution in [2.24, 2.45) is 0 Å². The summed E-state index contributed by atoms with van der Waals surface area (Å²) >= 11 is 0. The molecule has 0 bridgehead atoms. The lowest BCUT2D eigenvalue weighted by atomic mass is 10.2. The zero-order valence-electron chi connectivity index (χ0n) is 11.7. The minimum absolute atomic E-state index is 0.238. The topological polar surface area (TPSA) is 29.1 Å². The molecule has 98 valence electrons. The molecular weight excluding hydrogens is 217 g/mol. The van der Waals surface area contributed by atoms with Crippen LogP contribution in [0.4, 0.5) is 10.1 Å². The van der Waals surface area contributed by atoms with Crippen molar-refractivity contribution in [1.82, 2.24) is 0 Å². The second kappa shape index (κ2) is 11.1. The fourth-order valence-electron chi connectivity index (χ4n) is 0.925. The van der Waals surface area contributed by atoms with E-state index in [1.54, 1.807) is 12.1 Å². The first-order valence-electron chi connectivity index (χ1n) is 6.05. The number of anilines is 1. The summed E-state index contributed by atoms with van der Waals surface area (Å²) < 4.78 is 12.9. The average molecular weight is 241 g/mol. The number of hydrogen-bond acceptors (Lipinski definition) is 1. The number of amides is 1. The van der Waals surface area contributed by atoms with E-state index < -0.39 is 5.82 Å². The molecule has 0 spiro atoms. The first kappa shape index (κ1) is 18.0. The summed E-state index contributed by atoms with van der Waals surface area (Å²) in [6.45, 7) is 11.4. The largest absolute Gasteiger partial charge is 0.324 e. The standard InChI is InChI=1S/C9H10FNO.C3H8.C2H6/c1-6-3-4-8(10)9(5-6)11-7(2)12;1-3-2;1-2/h3-5H,1-2H3,(H,11,12);3H2,1-2H3;1-2H3. The molecular formula is C14H24FNO. The van der Waals surface area contributed by atoms with Gasteiger partial charge in [-0.2, -0.15) is 0 Å². The summed E-state index contributed by atoms with van der Waals surface area (Å²) in [5.41, 5.74) is 1.16. The van der Waals surface area contributed by atoms with Crippen LogP contribution in [0.3, 0.4) is 0 Å². The molecule has 0 fully saturated rings. The number of nitrogens with one attached hydrogen (secondary N) is 1. The van der Waals surface area contributed by atoms with E-state index in [0.717, 1.165) is 5.56 Å². The Hall–Kier alpha value is -1.38. The van der Waals surface area contributed by atoms with Crippen LogP contribution in [0.25, 0.3) is 0 Å². The number of carbonyl (C=O) groups is 1. The van der Waals surface area contributed by atoms with Crippen molar-refractivity contribution in [2.75, 3.05) is 5.32 Å². The van der Waals surface area contributed by atoms with Gasteiger partial charge in [-0.15, -0.1) is 0 Å². The maximum Gasteiger partial charge on any atom is 0.221 e. The van der Waals surface area contributed by atoms with Gasteiger partial charge in [0.15, 0.2) is 0 Å². The molecule has 1 N–H and O–H groups in total. The molecule has 0 aliphatic heterocycles. The summed E-state index contributed by atoms with van der Waals surface area (Å²) in [4.78, 5) is 10.6. The number of halogens is 1. The predicted octanol–water partition coefficient (Wildman–Crippen LogP) is 4.54. The van der Waals surface area contributed by atoms with E-state index in [9.17, 15) is 9.18 Å². The molecule has 0 unspecified atom stereocenters. The molecule has 0 aliphatic carbocycles. The van der Waals surface area contributed by atoms with E-state index in [2.05, 4.69) is 19.2 Å². The van der Waals surface area contributed by atoms with Crippen LogP contribution in [0, 0.1) is 12.7 Å². The quantitative estimate of drug-likeness (QED) is 0.768. The molecule has 2 nitrogen and oxygen atoms in total. The SMILES string of the molecule is CC.CC(=O)Nc1cc(C)ccc1F.CCC. The van der Waals surface area contributed by atoms with E-state index in [1.807, 2.05) is 20.8 Å². The lowest BCUT2D eigenvalue weighted by Crippen LogP contribution is -2.07. The Balaban J connectivity index is 0. The first-order chi connectivity index (χ1) is 8.01. The highest BCUT2D eigenvalue weighted by Gasteiger charge is 2.02. The van der Waals surface area contributed by atoms with Gasteiger partial charge in [-0.25, -0.2) is 4.39 Å². The average Bonchev–Trinajstić information content (AvgIpc) is 2.27. The second-order valence-corrected chi connectivity index (χ2v) is 3.37. The van der Waals surface area contributed by atoms with Gasteiger partial charge in [0.25, 0.3) is 0 Å². The third kappa shape index (κ3) is 9.54. The fourth-order valence-corrected chi connectivity index (χ4v) is 0.925. The number of benzene rings is 1. The van der Waals surface area contributed by atoms with Crippen LogP contribution >= 0.6 is 0 Å². The number of rotatable bonds is 1. The molecule has 0 aromatic heterocycles. The van der Waals surface area contributed by atoms with Crippen molar-refractivity contribution in [2.45, 2.75) is 48.0 Å². The van der Waals surface area contributed by atoms with Crippen molar-refractivity contribution in [3.05, 3.63) is 29.6 Å². The molecule has 3 heteroatoms. The number of carbonyl (C=O) groups excluding carboxylic acids is 1. The van der Waals surface area contributed by atoms with Crippen LogP contribution in [0.5, 0.6) is 0 Å². The van der Waals surface area contributed by atoms with Gasteiger partial charge in [0.05, 0.1) is 5.69 Å². The van der Waals surface area contributed by atoms with Crippen molar-refractivity contribution in [3.63, 3.8) is 0 Å². The van der Waals surface area contributed by atoms with Crippen LogP contribution in [-0.2, 0) is 4.79 Å². The first-order valence-corrected chi connectivity index (χ1v) is 6.05. The molecule has 1 amide bonds. The molecule has 0 radical (unpaired) electrons. The third-order valence-corrected chi connectivity index (χ3v) is 1.43. The number of aryl methyl sites for hydroxylation is 1. The normalized spacial score (nSPS) is 8.18. The molecule has 0 saturated carbocycles. The summed E-state index contributed by atoms with van der Waals surface area (Å²) in [7, 11) is 0. The van der Waals surface area contributed by atoms with Crippen molar-refractivity contribution < 1.29 is 9.18 Å². The third-order valence-electron chi connectivity index (χ3n) is 1.43. The van der Waals surface area contributed by atoms with E-state index in [4.69, 9.17) is 0 Å². The maximum atomic E-state index is 12.9. The molecule has 0 heterocycles. The molecule has 0 saturated heterocycles. The Morgan fingerprint density at radius 3 is 2.18 bits per heavy atom. The summed E-state index contributed by atoms with van der Waals surface area (Å²) in [6.07, 6.45) is 1.25. The molecule has 0 aliphatic rings. The van der Waals surface area contributed by atoms with Gasteiger partial charge in [0.1, 0.15) is 5.82 Å². The van der Waals surface area contributed by atoms with Crippen molar-refractivity contribution in [3.8, 4) is 0 Å². The smallest absolute Gasteiger partial charge is 0.221 e. The maximum absolute atomic E-state index is 12.9. The minimum Gasteiger partial charge on any atom is -0.324 e. The van der Waals surface area contributed by atoms with Crippen LogP contribution in [0.15, 0.2) is 18.2 Å². The van der Waals surface area contributed by atoms with Crippen LogP contribution in [0.1, 0.15) is 46.6 Å². The zero-order chi connectivity index (χ0) is 13.8. The zero-order valence-corrected chi connectivity index (χ0v) is 11.7. The Morgan fingerprint density at radius 2 is 1.76 bits per heavy atom. The van der Waals surface area contributed by atoms with Gasteiger partial charge in [-0.1, -0.05) is 40.2 Å². The van der Waals surface area contributed by atoms with Gasteiger partial charge in [0.2, 0.25) is 5.91 Å². The second-order valence-electron chi connectivity index (χ2n) is 3.37. The van der Waals surface area contributed by atoms with E-state index in [-0.39, 0.29) is 11.6 Å². The van der Waals surface area contributed by atoms with Crippen LogP contribution in [-0.4, -0.2) is 5.91 Å². The summed E-state index contributed by atoms with van der Waals surface area (Å²) in [5, 5.41) is 2.40. The van der Waals surface area contributed by atoms with Gasteiger partial charge >= 0.3 is 0 Å². The van der Waals surface area contributed by atoms with Gasteiger partial charge in [-0.3, -0.25) is 4.79 Å². The molecule has 1 aromatic carbocycles. The molecule has 1 aromatic rings. The Kier molecular flexibility index (Phi) is 11.8. The van der Waals surface area contributed by atoms with Crippen molar-refractivity contribution >= 4 is 11.6 Å². The van der Waals surface area contributed by atoms with Gasteiger partial charge in [-0.05, 0) is 24.6 Å². The van der Waals surface area contributed by atoms with E-state index in [0.29, 0.717) is 0 Å². The molecule has 17 heavy (non-hydrogen) atoms. The van der Waals surface area contributed by atoms with Crippen molar-refractivity contribution in [1.29, 1.82) is 0 Å². The highest BCUT2D eigenvalue weighted by molar-refractivity contribution is 5.88. The van der Waals surface area contributed by atoms with E-state index >= 15 is 0 Å². The summed E-state index contributed by atoms with van der Waals surface area (Å²) in [6, 6.07) is 4.58. The lowest BCUT2D eigenvalue weighted by Gasteiger charge is -2.03. The molecule has 0 atom stereocenters. The Morgan fingerprint density at radius 1 is 1.29 bits per heavy atom. The minimum atomic E-state index is -0.407. The highest BCUT2D eigenvalue weighted by Crippen LogP contribution is 2.14. The van der Waals surface area contributed by atoms with Gasteiger partial charge < -0.3 is 5.32 Å².